The molecule has 2 aromatic rings. The van der Waals surface area contributed by atoms with Crippen molar-refractivity contribution in [1.29, 1.82) is 5.26 Å². The topological polar surface area (TPSA) is 60.4 Å². The zero-order chi connectivity index (χ0) is 16.2. The van der Waals surface area contributed by atoms with Crippen molar-refractivity contribution in [1.82, 2.24) is 4.90 Å². The third-order valence-corrected chi connectivity index (χ3v) is 4.43. The Bertz CT molecular complexity index is 694. The van der Waals surface area contributed by atoms with Gasteiger partial charge in [0.2, 0.25) is 0 Å². The number of hydrogen-bond acceptors (Lipinski definition) is 4. The molecule has 1 aliphatic heterocycles. The number of nitriles is 1. The van der Waals surface area contributed by atoms with Crippen LogP contribution < -0.4 is 0 Å². The Kier molecular flexibility index (Phi) is 4.75. The zero-order valence-electron chi connectivity index (χ0n) is 12.8. The van der Waals surface area contributed by atoms with E-state index in [0.29, 0.717) is 24.3 Å². The largest absolute Gasteiger partial charge is 0.467 e. The van der Waals surface area contributed by atoms with Gasteiger partial charge in [0.15, 0.2) is 0 Å². The van der Waals surface area contributed by atoms with Gasteiger partial charge in [0.25, 0.3) is 0 Å². The predicted octanol–water partition coefficient (Wildman–Crippen LogP) is 3.38. The highest BCUT2D eigenvalue weighted by molar-refractivity contribution is 5.38. The number of hydrogen-bond donors (Lipinski definition) is 1. The van der Waals surface area contributed by atoms with E-state index >= 15 is 0 Å². The maximum atomic E-state index is 13.2. The number of benzene rings is 1. The summed E-state index contributed by atoms with van der Waals surface area (Å²) in [7, 11) is 0. The number of aliphatic hydroxyl groups excluding tert-OH is 1. The normalized spacial score (nSPS) is 19.6. The monoisotopic (exact) mass is 314 g/mol. The van der Waals surface area contributed by atoms with Gasteiger partial charge in [-0.1, -0.05) is 6.07 Å². The highest BCUT2D eigenvalue weighted by Gasteiger charge is 2.28. The van der Waals surface area contributed by atoms with E-state index in [4.69, 9.17) is 9.68 Å². The van der Waals surface area contributed by atoms with Gasteiger partial charge in [-0.3, -0.25) is 4.90 Å². The van der Waals surface area contributed by atoms with E-state index in [-0.39, 0.29) is 6.04 Å². The second kappa shape index (κ2) is 6.95. The van der Waals surface area contributed by atoms with Gasteiger partial charge in [-0.25, -0.2) is 4.39 Å². The molecule has 0 radical (unpaired) electrons. The number of furan rings is 1. The minimum atomic E-state index is -0.626. The molecule has 0 amide bonds. The minimum Gasteiger partial charge on any atom is -0.467 e. The highest BCUT2D eigenvalue weighted by Crippen LogP contribution is 2.29. The van der Waals surface area contributed by atoms with Gasteiger partial charge in [-0.2, -0.15) is 5.26 Å². The molecule has 0 aliphatic carbocycles. The Morgan fingerprint density at radius 2 is 2.30 bits per heavy atom. The Balaban J connectivity index is 1.69. The number of nitrogens with zero attached hydrogens (tertiary/aromatic N) is 2. The second-order valence-corrected chi connectivity index (χ2v) is 5.95. The molecule has 5 heteroatoms. The van der Waals surface area contributed by atoms with Crippen molar-refractivity contribution in [2.45, 2.75) is 38.0 Å². The minimum absolute atomic E-state index is 0.228. The lowest BCUT2D eigenvalue weighted by Crippen LogP contribution is -2.30. The average molecular weight is 314 g/mol. The fourth-order valence-corrected chi connectivity index (χ4v) is 3.23. The van der Waals surface area contributed by atoms with Crippen LogP contribution >= 0.6 is 0 Å². The maximum Gasteiger partial charge on any atom is 0.132 e. The van der Waals surface area contributed by atoms with Crippen LogP contribution in [0.2, 0.25) is 0 Å². The van der Waals surface area contributed by atoms with Gasteiger partial charge < -0.3 is 9.52 Å². The van der Waals surface area contributed by atoms with Crippen molar-refractivity contribution < 1.29 is 13.9 Å². The first kappa shape index (κ1) is 15.7. The molecule has 120 valence electrons. The van der Waals surface area contributed by atoms with E-state index in [0.717, 1.165) is 24.9 Å². The summed E-state index contributed by atoms with van der Waals surface area (Å²) in [6.07, 6.45) is 3.58. The van der Waals surface area contributed by atoms with Crippen LogP contribution in [0.25, 0.3) is 0 Å². The molecule has 1 N–H and O–H groups in total. The van der Waals surface area contributed by atoms with E-state index in [1.54, 1.807) is 24.5 Å². The van der Waals surface area contributed by atoms with Gasteiger partial charge in [0.1, 0.15) is 17.7 Å². The smallest absolute Gasteiger partial charge is 0.132 e. The molecule has 0 saturated carbocycles. The first-order valence-electron chi connectivity index (χ1n) is 7.81. The molecular weight excluding hydrogens is 295 g/mol. The van der Waals surface area contributed by atoms with Gasteiger partial charge in [0.05, 0.1) is 17.9 Å². The molecule has 4 nitrogen and oxygen atoms in total. The van der Waals surface area contributed by atoms with Crippen LogP contribution in [-0.2, 0) is 6.54 Å². The first-order valence-corrected chi connectivity index (χ1v) is 7.81. The SMILES string of the molecule is N#Cc1cc(F)ccc1CN1CCCC1CC(O)c1ccco1. The summed E-state index contributed by atoms with van der Waals surface area (Å²) in [5.74, 6) is 0.188. The lowest BCUT2D eigenvalue weighted by molar-refractivity contribution is 0.0995. The maximum absolute atomic E-state index is 13.2. The summed E-state index contributed by atoms with van der Waals surface area (Å²) in [4.78, 5) is 2.25. The fourth-order valence-electron chi connectivity index (χ4n) is 3.23. The van der Waals surface area contributed by atoms with Gasteiger partial charge in [-0.05, 0) is 55.6 Å². The summed E-state index contributed by atoms with van der Waals surface area (Å²) in [6, 6.07) is 10.2. The van der Waals surface area contributed by atoms with Crippen LogP contribution in [0.1, 0.15) is 42.3 Å². The van der Waals surface area contributed by atoms with Gasteiger partial charge >= 0.3 is 0 Å². The summed E-state index contributed by atoms with van der Waals surface area (Å²) in [6.45, 7) is 1.51. The van der Waals surface area contributed by atoms with Crippen LogP contribution in [0, 0.1) is 17.1 Å². The molecule has 1 saturated heterocycles. The van der Waals surface area contributed by atoms with E-state index in [2.05, 4.69) is 11.0 Å². The molecule has 0 bridgehead atoms. The van der Waals surface area contributed by atoms with Crippen LogP contribution in [-0.4, -0.2) is 22.6 Å². The van der Waals surface area contributed by atoms with Crippen molar-refractivity contribution in [3.8, 4) is 6.07 Å². The summed E-state index contributed by atoms with van der Waals surface area (Å²) >= 11 is 0. The molecule has 1 aliphatic rings. The Hall–Kier alpha value is -2.16. The van der Waals surface area contributed by atoms with Crippen molar-refractivity contribution >= 4 is 0 Å². The van der Waals surface area contributed by atoms with Crippen molar-refractivity contribution in [3.63, 3.8) is 0 Å². The predicted molar refractivity (Wildman–Crippen MR) is 82.8 cm³/mol. The molecule has 1 fully saturated rings. The lowest BCUT2D eigenvalue weighted by Gasteiger charge is -2.26. The Labute approximate surface area is 134 Å². The number of likely N-dealkylation sites (tertiary alicyclic amines) is 1. The Morgan fingerprint density at radius 1 is 1.43 bits per heavy atom. The number of halogens is 1. The Morgan fingerprint density at radius 3 is 3.04 bits per heavy atom. The molecule has 0 spiro atoms. The molecule has 3 rings (SSSR count). The summed E-state index contributed by atoms with van der Waals surface area (Å²) in [5.41, 5.74) is 1.20. The summed E-state index contributed by atoms with van der Waals surface area (Å²) < 4.78 is 18.5. The lowest BCUT2D eigenvalue weighted by atomic mass is 10.0. The van der Waals surface area contributed by atoms with Crippen molar-refractivity contribution in [2.24, 2.45) is 0 Å². The zero-order valence-corrected chi connectivity index (χ0v) is 12.8. The fraction of sp³-hybridized carbons (Fsp3) is 0.389. The van der Waals surface area contributed by atoms with Gasteiger partial charge in [0, 0.05) is 12.6 Å². The molecule has 2 heterocycles. The van der Waals surface area contributed by atoms with E-state index in [9.17, 15) is 9.50 Å². The number of rotatable bonds is 5. The second-order valence-electron chi connectivity index (χ2n) is 5.95. The van der Waals surface area contributed by atoms with E-state index < -0.39 is 11.9 Å². The van der Waals surface area contributed by atoms with Crippen molar-refractivity contribution in [3.05, 3.63) is 59.3 Å². The quantitative estimate of drug-likeness (QED) is 0.919. The molecule has 1 aromatic carbocycles. The first-order chi connectivity index (χ1) is 11.2. The van der Waals surface area contributed by atoms with E-state index in [1.165, 1.54) is 12.1 Å². The summed E-state index contributed by atoms with van der Waals surface area (Å²) in [5, 5.41) is 19.4. The average Bonchev–Trinajstić information content (AvgIpc) is 3.21. The number of aliphatic hydroxyl groups is 1. The third kappa shape index (κ3) is 3.61. The molecule has 2 unspecified atom stereocenters. The molecule has 23 heavy (non-hydrogen) atoms. The van der Waals surface area contributed by atoms with Crippen LogP contribution in [0.4, 0.5) is 4.39 Å². The van der Waals surface area contributed by atoms with Gasteiger partial charge in [-0.15, -0.1) is 0 Å². The molecule has 1 aromatic heterocycles. The van der Waals surface area contributed by atoms with Crippen LogP contribution in [0.5, 0.6) is 0 Å². The van der Waals surface area contributed by atoms with Crippen molar-refractivity contribution in [2.75, 3.05) is 6.54 Å². The molecule has 2 atom stereocenters. The van der Waals surface area contributed by atoms with Crippen LogP contribution in [0.15, 0.2) is 41.0 Å². The standard InChI is InChI=1S/C18H19FN2O2/c19-15-6-5-13(14(9-15)11-20)12-21-7-1-3-16(21)10-17(22)18-4-2-8-23-18/h2,4-6,8-9,16-17,22H,1,3,7,10,12H2. The van der Waals surface area contributed by atoms with Crippen LogP contribution in [0.3, 0.4) is 0 Å². The van der Waals surface area contributed by atoms with E-state index in [1.807, 2.05) is 0 Å². The molecular formula is C18H19FN2O2. The highest BCUT2D eigenvalue weighted by atomic mass is 19.1. The third-order valence-electron chi connectivity index (χ3n) is 4.43.